The van der Waals surface area contributed by atoms with Gasteiger partial charge in [-0.1, -0.05) is 68.0 Å². The highest BCUT2D eigenvalue weighted by molar-refractivity contribution is 6.03. The Labute approximate surface area is 370 Å². The van der Waals surface area contributed by atoms with Gasteiger partial charge in [-0.3, -0.25) is 9.59 Å². The van der Waals surface area contributed by atoms with Crippen LogP contribution >= 0.6 is 0 Å². The van der Waals surface area contributed by atoms with Crippen LogP contribution in [0.1, 0.15) is 111 Å². The second kappa shape index (κ2) is 21.6. The molecule has 1 amide bonds. The number of halogens is 1. The smallest absolute Gasteiger partial charge is 0.239 e. The summed E-state index contributed by atoms with van der Waals surface area (Å²) in [5, 5.41) is 24.6. The number of oxime groups is 1. The molecule has 338 valence electrons. The van der Waals surface area contributed by atoms with E-state index in [1.165, 1.54) is 39.2 Å². The average molecular weight is 867 g/mol. The Balaban J connectivity index is 1.42. The number of aliphatic hydroxyl groups is 2. The average Bonchev–Trinajstić information content (AvgIpc) is 3.83. The first-order chi connectivity index (χ1) is 30.8. The largest absolute Gasteiger partial charge is 0.496 e. The van der Waals surface area contributed by atoms with Crippen molar-refractivity contribution in [1.29, 1.82) is 0 Å². The van der Waals surface area contributed by atoms with Gasteiger partial charge in [-0.2, -0.15) is 0 Å². The molecular weight excluding hydrogens is 804 g/mol. The zero-order valence-electron chi connectivity index (χ0n) is 36.7. The highest BCUT2D eigenvalue weighted by Gasteiger charge is 2.65. The summed E-state index contributed by atoms with van der Waals surface area (Å²) in [7, 11) is 3.04. The Morgan fingerprint density at radius 1 is 0.968 bits per heavy atom. The second-order valence-electron chi connectivity index (χ2n) is 17.4. The van der Waals surface area contributed by atoms with Gasteiger partial charge < -0.3 is 38.9 Å². The number of nitrogens with zero attached hydrogens (tertiary/aromatic N) is 2. The first-order valence-electron chi connectivity index (χ1n) is 22.7. The lowest BCUT2D eigenvalue weighted by molar-refractivity contribution is -0.258. The number of carbonyl (C=O) groups is 2. The maximum atomic E-state index is 15.0. The zero-order chi connectivity index (χ0) is 44.3. The number of fused-ring (bicyclic) bond motifs is 2. The van der Waals surface area contributed by atoms with E-state index in [2.05, 4.69) is 12.7 Å². The van der Waals surface area contributed by atoms with Crippen molar-refractivity contribution in [2.24, 2.45) is 28.8 Å². The third kappa shape index (κ3) is 10.2. The number of amides is 1. The van der Waals surface area contributed by atoms with E-state index < -0.39 is 17.7 Å². The van der Waals surface area contributed by atoms with Crippen molar-refractivity contribution in [3.8, 4) is 23.0 Å². The molecule has 2 saturated carbocycles. The van der Waals surface area contributed by atoms with Gasteiger partial charge >= 0.3 is 0 Å². The Kier molecular flexibility index (Phi) is 15.7. The van der Waals surface area contributed by atoms with E-state index in [0.717, 1.165) is 67.9 Å². The molecule has 2 fully saturated rings. The molecular formula is C51H63FN2O9. The van der Waals surface area contributed by atoms with Crippen molar-refractivity contribution >= 4 is 17.9 Å². The van der Waals surface area contributed by atoms with Crippen LogP contribution in [0.2, 0.25) is 0 Å². The van der Waals surface area contributed by atoms with Gasteiger partial charge in [0, 0.05) is 44.1 Å². The normalized spacial score (nSPS) is 24.4. The Hall–Kier alpha value is -5.04. The van der Waals surface area contributed by atoms with Gasteiger partial charge in [0.15, 0.2) is 6.29 Å². The number of hydrogen-bond donors (Lipinski definition) is 2. The molecule has 3 aromatic carbocycles. The number of allylic oxidation sites excluding steroid dienone is 1. The highest BCUT2D eigenvalue weighted by atomic mass is 19.1. The van der Waals surface area contributed by atoms with Gasteiger partial charge in [0.05, 0.1) is 30.9 Å². The molecule has 2 N–H and O–H groups in total. The van der Waals surface area contributed by atoms with Crippen molar-refractivity contribution in [3.05, 3.63) is 107 Å². The molecule has 3 aliphatic carbocycles. The molecule has 11 nitrogen and oxygen atoms in total. The molecule has 7 rings (SSSR count). The monoisotopic (exact) mass is 866 g/mol. The van der Waals surface area contributed by atoms with Gasteiger partial charge in [0.2, 0.25) is 11.7 Å². The molecule has 63 heavy (non-hydrogen) atoms. The third-order valence-corrected chi connectivity index (χ3v) is 13.6. The zero-order valence-corrected chi connectivity index (χ0v) is 36.7. The predicted molar refractivity (Wildman–Crippen MR) is 239 cm³/mol. The summed E-state index contributed by atoms with van der Waals surface area (Å²) in [4.78, 5) is 34.5. The second-order valence-corrected chi connectivity index (χ2v) is 17.4. The molecule has 1 heterocycles. The number of hydrogen-bond acceptors (Lipinski definition) is 10. The van der Waals surface area contributed by atoms with Gasteiger partial charge in [0.25, 0.3) is 0 Å². The summed E-state index contributed by atoms with van der Waals surface area (Å²) in [5.74, 6) is 0.00840. The molecule has 0 saturated heterocycles. The minimum absolute atomic E-state index is 0.0161. The fraction of sp³-hybridized carbons (Fsp3) is 0.510. The number of benzene rings is 3. The first-order valence-corrected chi connectivity index (χ1v) is 22.7. The van der Waals surface area contributed by atoms with Crippen LogP contribution in [0.5, 0.6) is 23.0 Å². The molecule has 0 radical (unpaired) electrons. The fourth-order valence-electron chi connectivity index (χ4n) is 10.8. The van der Waals surface area contributed by atoms with E-state index in [-0.39, 0.29) is 62.3 Å². The molecule has 6 atom stereocenters. The van der Waals surface area contributed by atoms with Gasteiger partial charge in [-0.25, -0.2) is 4.39 Å². The topological polar surface area (TPSA) is 136 Å². The summed E-state index contributed by atoms with van der Waals surface area (Å²) in [6.07, 6.45) is 15.2. The molecule has 6 unspecified atom stereocenters. The summed E-state index contributed by atoms with van der Waals surface area (Å²) < 4.78 is 40.7. The van der Waals surface area contributed by atoms with E-state index in [1.54, 1.807) is 36.4 Å². The van der Waals surface area contributed by atoms with Crippen molar-refractivity contribution in [2.45, 2.75) is 108 Å². The molecule has 3 aromatic rings. The maximum Gasteiger partial charge on any atom is 0.239 e. The highest BCUT2D eigenvalue weighted by Crippen LogP contribution is 2.62. The fourth-order valence-corrected chi connectivity index (χ4v) is 10.8. The van der Waals surface area contributed by atoms with Crippen LogP contribution in [0.4, 0.5) is 4.39 Å². The summed E-state index contributed by atoms with van der Waals surface area (Å²) in [6, 6.07) is 16.4. The number of methoxy groups -OCH3 is 1. The Morgan fingerprint density at radius 2 is 1.70 bits per heavy atom. The van der Waals surface area contributed by atoms with Crippen LogP contribution in [-0.4, -0.2) is 78.9 Å². The van der Waals surface area contributed by atoms with Gasteiger partial charge in [-0.15, -0.1) is 6.58 Å². The van der Waals surface area contributed by atoms with Crippen LogP contribution in [0.15, 0.2) is 90.1 Å². The van der Waals surface area contributed by atoms with Crippen LogP contribution in [0.25, 0.3) is 0 Å². The maximum absolute atomic E-state index is 15.0. The van der Waals surface area contributed by atoms with Crippen LogP contribution in [0, 0.1) is 29.5 Å². The Bertz CT molecular complexity index is 2100. The molecule has 0 spiro atoms. The Morgan fingerprint density at radius 3 is 2.40 bits per heavy atom. The van der Waals surface area contributed by atoms with Gasteiger partial charge in [0.1, 0.15) is 42.0 Å². The number of unbranched alkanes of at least 4 members (excludes halogenated alkanes) is 2. The lowest BCUT2D eigenvalue weighted by atomic mass is 9.55. The molecule has 1 aliphatic heterocycles. The SMILES string of the molecule is C=CCOC12Oc3ccc(Oc4ccc(OC)c(C=O)c4)cc3C3C(CCCCO)C(CCCCO)C=C(C(=NOC)CC1N(Cc1ccc(F)cc1)C(=O)CCC1CCCC1)C32. The summed E-state index contributed by atoms with van der Waals surface area (Å²) in [5.41, 5.74) is 3.66. The van der Waals surface area contributed by atoms with Crippen LogP contribution in [-0.2, 0) is 20.9 Å². The van der Waals surface area contributed by atoms with Crippen molar-refractivity contribution in [3.63, 3.8) is 0 Å². The van der Waals surface area contributed by atoms with Crippen molar-refractivity contribution < 1.29 is 48.0 Å². The van der Waals surface area contributed by atoms with E-state index in [0.29, 0.717) is 59.5 Å². The quantitative estimate of drug-likeness (QED) is 0.0438. The lowest BCUT2D eigenvalue weighted by Gasteiger charge is -2.60. The minimum atomic E-state index is -1.43. The number of ether oxygens (including phenoxy) is 4. The minimum Gasteiger partial charge on any atom is -0.496 e. The summed E-state index contributed by atoms with van der Waals surface area (Å²) in [6.45, 7) is 4.53. The predicted octanol–water partition coefficient (Wildman–Crippen LogP) is 9.70. The standard InChI is InChI=1S/C51H63FN2O9/c1-4-27-61-51-47(54(32-35-15-18-38(52)19-16-35)48(58)24-17-34-11-5-6-12-34)31-44(53-60-3)42-29-36(13-7-9-25-55)41(14-8-10-26-56)49(50(42)51)43-30-40(21-23-46(43)63-51)62-39-20-22-45(59-2)37(28-39)33-57/h4,15-16,18-23,28-30,33-34,36,41,47,49-50,55-56H,1,5-14,17,24-27,31-32H2,2-3H3. The van der Waals surface area contributed by atoms with Crippen molar-refractivity contribution in [2.75, 3.05) is 34.0 Å². The van der Waals surface area contributed by atoms with Crippen LogP contribution < -0.4 is 14.2 Å². The summed E-state index contributed by atoms with van der Waals surface area (Å²) >= 11 is 0. The first kappa shape index (κ1) is 46.0. The van der Waals surface area contributed by atoms with E-state index >= 15 is 4.79 Å². The molecule has 0 bridgehead atoms. The third-order valence-electron chi connectivity index (χ3n) is 13.6. The lowest BCUT2D eigenvalue weighted by Crippen LogP contribution is -2.70. The van der Waals surface area contributed by atoms with Crippen molar-refractivity contribution in [1.82, 2.24) is 4.90 Å². The number of aliphatic hydroxyl groups excluding tert-OH is 2. The van der Waals surface area contributed by atoms with Gasteiger partial charge in [-0.05, 0) is 110 Å². The van der Waals surface area contributed by atoms with E-state index in [9.17, 15) is 19.4 Å². The van der Waals surface area contributed by atoms with E-state index in [4.69, 9.17) is 28.9 Å². The number of aldehydes is 1. The number of rotatable bonds is 22. The van der Waals surface area contributed by atoms with E-state index in [1.807, 2.05) is 23.1 Å². The molecule has 0 aromatic heterocycles. The number of carbonyl (C=O) groups excluding carboxylic acids is 2. The molecule has 12 heteroatoms. The molecule has 4 aliphatic rings. The van der Waals surface area contributed by atoms with Crippen LogP contribution in [0.3, 0.4) is 0 Å².